The number of fused-ring (bicyclic) bond motifs is 5. The molecule has 0 spiro atoms. The summed E-state index contributed by atoms with van der Waals surface area (Å²) >= 11 is 0. The van der Waals surface area contributed by atoms with Crippen molar-refractivity contribution in [1.29, 1.82) is 0 Å². The number of allylic oxidation sites excluding steroid dienone is 1. The number of hydrogen-bond acceptors (Lipinski definition) is 6. The van der Waals surface area contributed by atoms with Crippen molar-refractivity contribution in [2.45, 2.75) is 144 Å². The number of ketones is 1. The van der Waals surface area contributed by atoms with Crippen LogP contribution in [0.2, 0.25) is 0 Å². The second-order valence-corrected chi connectivity index (χ2v) is 17.3. The zero-order valence-corrected chi connectivity index (χ0v) is 31.5. The Morgan fingerprint density at radius 1 is 0.980 bits per heavy atom. The summed E-state index contributed by atoms with van der Waals surface area (Å²) in [5, 5.41) is 2.92. The average molecular weight is 683 g/mol. The van der Waals surface area contributed by atoms with Crippen LogP contribution in [0.25, 0.3) is 0 Å². The monoisotopic (exact) mass is 682 g/mol. The predicted molar refractivity (Wildman–Crippen MR) is 191 cm³/mol. The van der Waals surface area contributed by atoms with E-state index in [-0.39, 0.29) is 49.0 Å². The van der Waals surface area contributed by atoms with Crippen LogP contribution in [0.1, 0.15) is 138 Å². The summed E-state index contributed by atoms with van der Waals surface area (Å²) < 4.78 is 10.9. The molecule has 8 heteroatoms. The van der Waals surface area contributed by atoms with Gasteiger partial charge >= 0.3 is 12.1 Å². The third kappa shape index (κ3) is 8.41. The average Bonchev–Trinajstić information content (AvgIpc) is 3.62. The fourth-order valence-electron chi connectivity index (χ4n) is 11.2. The lowest BCUT2D eigenvalue weighted by atomic mass is 9.47. The van der Waals surface area contributed by atoms with Gasteiger partial charge in [-0.3, -0.25) is 14.4 Å². The number of likely N-dealkylation sites (tertiary alicyclic amines) is 1. The van der Waals surface area contributed by atoms with Gasteiger partial charge in [-0.1, -0.05) is 72.0 Å². The molecule has 1 saturated heterocycles. The molecule has 8 nitrogen and oxygen atoms in total. The van der Waals surface area contributed by atoms with E-state index in [2.05, 4.69) is 46.0 Å². The Balaban J connectivity index is 1.02. The Bertz CT molecular complexity index is 1230. The van der Waals surface area contributed by atoms with Crippen molar-refractivity contribution in [3.63, 3.8) is 0 Å². The van der Waals surface area contributed by atoms with Crippen molar-refractivity contribution in [2.75, 3.05) is 26.2 Å². The number of nitrogens with zero attached hydrogens (tertiary/aromatic N) is 1. The van der Waals surface area contributed by atoms with Crippen molar-refractivity contribution < 1.29 is 28.7 Å². The van der Waals surface area contributed by atoms with Gasteiger partial charge in [0.2, 0.25) is 5.91 Å². The van der Waals surface area contributed by atoms with E-state index in [0.717, 1.165) is 67.6 Å². The molecule has 0 bridgehead atoms. The summed E-state index contributed by atoms with van der Waals surface area (Å²) in [5.41, 5.74) is 2.27. The molecular formula is C41H66N2O6. The summed E-state index contributed by atoms with van der Waals surface area (Å²) in [6.07, 6.45) is 18.5. The van der Waals surface area contributed by atoms with Gasteiger partial charge in [-0.05, 0) is 111 Å². The lowest BCUT2D eigenvalue weighted by Gasteiger charge is -2.58. The third-order valence-electron chi connectivity index (χ3n) is 13.9. The fourth-order valence-corrected chi connectivity index (χ4v) is 11.2. The van der Waals surface area contributed by atoms with Gasteiger partial charge in [-0.2, -0.15) is 0 Å². The Labute approximate surface area is 296 Å². The lowest BCUT2D eigenvalue weighted by molar-refractivity contribution is -0.149. The molecular weight excluding hydrogens is 616 g/mol. The van der Waals surface area contributed by atoms with E-state index in [1.165, 1.54) is 61.8 Å². The zero-order valence-electron chi connectivity index (χ0n) is 31.5. The van der Waals surface area contributed by atoms with E-state index < -0.39 is 11.9 Å². The minimum atomic E-state index is -0.856. The largest absolute Gasteiger partial charge is 0.465 e. The maximum atomic E-state index is 12.7. The SMILES string of the molecule is CCOC(=O)C1CN(C(=O)CCCCCNC(=O)OC2CCC3(C)C(=CCC4C3CCC3(C)C(C(C)CCCC(C)C)CCC43)C2)CC1=O. The van der Waals surface area contributed by atoms with E-state index in [9.17, 15) is 19.2 Å². The lowest BCUT2D eigenvalue weighted by Crippen LogP contribution is -2.51. The molecule has 4 aliphatic carbocycles. The quantitative estimate of drug-likeness (QED) is 0.0857. The molecule has 0 aromatic heterocycles. The van der Waals surface area contributed by atoms with Crippen LogP contribution in [-0.4, -0.2) is 61.0 Å². The normalized spacial score (nSPS) is 34.5. The molecule has 0 aromatic carbocycles. The van der Waals surface area contributed by atoms with E-state index in [0.29, 0.717) is 24.8 Å². The number of esters is 1. The Hall–Kier alpha value is -2.38. The van der Waals surface area contributed by atoms with E-state index in [1.54, 1.807) is 6.92 Å². The standard InChI is InChI=1S/C41H66N2O6/c1-7-48-38(46)32-25-43(26-36(32)44)37(45)14-9-8-10-23-42-39(47)49-30-19-21-40(5)29(24-30)15-16-31-34-18-17-33(28(4)13-11-12-27(2)3)41(34,6)22-20-35(31)40/h15,27-28,30-35H,7-14,16-26H2,1-6H3,(H,42,47). The van der Waals surface area contributed by atoms with Gasteiger partial charge in [0.05, 0.1) is 13.2 Å². The molecule has 5 aliphatic rings. The van der Waals surface area contributed by atoms with Gasteiger partial charge in [-0.25, -0.2) is 4.79 Å². The third-order valence-corrected chi connectivity index (χ3v) is 13.9. The second kappa shape index (κ2) is 16.3. The number of Topliss-reactive ketones (excluding diaryl/α,β-unsaturated/α-hetero) is 1. The molecule has 49 heavy (non-hydrogen) atoms. The zero-order chi connectivity index (χ0) is 35.3. The van der Waals surface area contributed by atoms with Crippen LogP contribution in [0, 0.1) is 52.3 Å². The van der Waals surface area contributed by atoms with Crippen LogP contribution in [0.3, 0.4) is 0 Å². The number of hydrogen-bond donors (Lipinski definition) is 1. The number of rotatable bonds is 14. The molecule has 276 valence electrons. The number of ether oxygens (including phenoxy) is 2. The Kier molecular flexibility index (Phi) is 12.6. The first kappa shape index (κ1) is 37.9. The topological polar surface area (TPSA) is 102 Å². The van der Waals surface area contributed by atoms with Gasteiger partial charge in [-0.15, -0.1) is 0 Å². The molecule has 0 aromatic rings. The highest BCUT2D eigenvalue weighted by molar-refractivity contribution is 6.04. The molecule has 3 saturated carbocycles. The highest BCUT2D eigenvalue weighted by atomic mass is 16.6. The molecule has 9 atom stereocenters. The van der Waals surface area contributed by atoms with Crippen molar-refractivity contribution in [2.24, 2.45) is 52.3 Å². The molecule has 4 fully saturated rings. The summed E-state index contributed by atoms with van der Waals surface area (Å²) in [6.45, 7) is 15.0. The number of unbranched alkanes of at least 4 members (excludes halogenated alkanes) is 2. The van der Waals surface area contributed by atoms with Crippen molar-refractivity contribution >= 4 is 23.8 Å². The van der Waals surface area contributed by atoms with Gasteiger partial charge < -0.3 is 19.7 Å². The van der Waals surface area contributed by atoms with E-state index >= 15 is 0 Å². The first-order valence-corrected chi connectivity index (χ1v) is 20.0. The number of nitrogens with one attached hydrogen (secondary N) is 1. The fraction of sp³-hybridized carbons (Fsp3) is 0.854. The van der Waals surface area contributed by atoms with E-state index in [1.807, 2.05) is 0 Å². The minimum Gasteiger partial charge on any atom is -0.465 e. The molecule has 0 radical (unpaired) electrons. The van der Waals surface area contributed by atoms with Crippen LogP contribution in [0.4, 0.5) is 4.79 Å². The Morgan fingerprint density at radius 3 is 2.53 bits per heavy atom. The summed E-state index contributed by atoms with van der Waals surface area (Å²) in [7, 11) is 0. The van der Waals surface area contributed by atoms with Crippen LogP contribution >= 0.6 is 0 Å². The molecule has 9 unspecified atom stereocenters. The van der Waals surface area contributed by atoms with Crippen molar-refractivity contribution in [1.82, 2.24) is 10.2 Å². The molecule has 2 amide bonds. The molecule has 1 heterocycles. The maximum absolute atomic E-state index is 12.7. The molecule has 1 aliphatic heterocycles. The molecule has 1 N–H and O–H groups in total. The number of alkyl carbamates (subject to hydrolysis) is 1. The maximum Gasteiger partial charge on any atom is 0.407 e. The first-order chi connectivity index (χ1) is 23.4. The Morgan fingerprint density at radius 2 is 1.78 bits per heavy atom. The second-order valence-electron chi connectivity index (χ2n) is 17.3. The van der Waals surface area contributed by atoms with Crippen LogP contribution < -0.4 is 5.32 Å². The van der Waals surface area contributed by atoms with Crippen LogP contribution in [0.5, 0.6) is 0 Å². The van der Waals surface area contributed by atoms with Gasteiger partial charge in [0.1, 0.15) is 12.0 Å². The first-order valence-electron chi connectivity index (χ1n) is 20.0. The number of carbonyl (C=O) groups excluding carboxylic acids is 4. The number of amides is 2. The van der Waals surface area contributed by atoms with Gasteiger partial charge in [0, 0.05) is 25.9 Å². The number of carbonyl (C=O) groups is 4. The van der Waals surface area contributed by atoms with E-state index in [4.69, 9.17) is 9.47 Å². The summed E-state index contributed by atoms with van der Waals surface area (Å²) in [4.78, 5) is 50.8. The van der Waals surface area contributed by atoms with Crippen LogP contribution in [0.15, 0.2) is 11.6 Å². The van der Waals surface area contributed by atoms with Crippen molar-refractivity contribution in [3.05, 3.63) is 11.6 Å². The van der Waals surface area contributed by atoms with Gasteiger partial charge in [0.15, 0.2) is 5.78 Å². The minimum absolute atomic E-state index is 0.0212. The van der Waals surface area contributed by atoms with Crippen molar-refractivity contribution in [3.8, 4) is 0 Å². The predicted octanol–water partition coefficient (Wildman–Crippen LogP) is 8.27. The summed E-state index contributed by atoms with van der Waals surface area (Å²) in [6, 6.07) is 0. The van der Waals surface area contributed by atoms with Crippen LogP contribution in [-0.2, 0) is 23.9 Å². The summed E-state index contributed by atoms with van der Waals surface area (Å²) in [5.74, 6) is 3.16. The smallest absolute Gasteiger partial charge is 0.407 e. The highest BCUT2D eigenvalue weighted by Gasteiger charge is 2.59. The molecule has 5 rings (SSSR count). The highest BCUT2D eigenvalue weighted by Crippen LogP contribution is 2.67. The van der Waals surface area contributed by atoms with Gasteiger partial charge in [0.25, 0.3) is 0 Å².